The number of aliphatic hydroxyl groups is 1. The molecule has 1 fully saturated rings. The Morgan fingerprint density at radius 1 is 1.40 bits per heavy atom. The van der Waals surface area contributed by atoms with E-state index in [1.54, 1.807) is 0 Å². The quantitative estimate of drug-likeness (QED) is 0.895. The highest BCUT2D eigenvalue weighted by molar-refractivity contribution is 5.41. The second-order valence-corrected chi connectivity index (χ2v) is 5.67. The molecule has 0 unspecified atom stereocenters. The molecule has 1 aliphatic carbocycles. The predicted octanol–water partition coefficient (Wildman–Crippen LogP) is 3.45. The third-order valence-corrected chi connectivity index (χ3v) is 4.01. The highest BCUT2D eigenvalue weighted by Gasteiger charge is 2.35. The van der Waals surface area contributed by atoms with E-state index in [2.05, 4.69) is 17.2 Å². The predicted molar refractivity (Wildman–Crippen MR) is 70.3 cm³/mol. The lowest BCUT2D eigenvalue weighted by Crippen LogP contribution is -2.45. The molecule has 1 aromatic heterocycles. The first-order valence-electron chi connectivity index (χ1n) is 6.77. The fourth-order valence-electron chi connectivity index (χ4n) is 2.58. The van der Waals surface area contributed by atoms with Crippen molar-refractivity contribution >= 4 is 5.82 Å². The third-order valence-electron chi connectivity index (χ3n) is 4.01. The van der Waals surface area contributed by atoms with Crippen molar-refractivity contribution in [2.75, 3.05) is 11.9 Å². The lowest BCUT2D eigenvalue weighted by molar-refractivity contribution is -0.137. The van der Waals surface area contributed by atoms with Gasteiger partial charge < -0.3 is 10.4 Å². The van der Waals surface area contributed by atoms with Gasteiger partial charge in [-0.1, -0.05) is 6.92 Å². The van der Waals surface area contributed by atoms with Crippen LogP contribution >= 0.6 is 0 Å². The van der Waals surface area contributed by atoms with E-state index in [9.17, 15) is 18.3 Å². The Morgan fingerprint density at radius 2 is 2.05 bits per heavy atom. The van der Waals surface area contributed by atoms with Crippen LogP contribution in [0.4, 0.5) is 19.0 Å². The number of nitrogens with zero attached hydrogens (tertiary/aromatic N) is 1. The Balaban J connectivity index is 2.16. The van der Waals surface area contributed by atoms with Gasteiger partial charge in [-0.2, -0.15) is 13.2 Å². The number of aromatic nitrogens is 1. The van der Waals surface area contributed by atoms with E-state index in [4.69, 9.17) is 0 Å². The Hall–Kier alpha value is -1.30. The van der Waals surface area contributed by atoms with Crippen LogP contribution in [0.1, 0.15) is 38.2 Å². The number of aliphatic hydroxyl groups excluding tert-OH is 1. The van der Waals surface area contributed by atoms with Crippen molar-refractivity contribution in [3.8, 4) is 0 Å². The maximum absolute atomic E-state index is 12.7. The van der Waals surface area contributed by atoms with Crippen LogP contribution in [0.2, 0.25) is 0 Å². The molecule has 0 bridgehead atoms. The molecule has 0 atom stereocenters. The molecule has 20 heavy (non-hydrogen) atoms. The summed E-state index contributed by atoms with van der Waals surface area (Å²) in [4.78, 5) is 3.94. The number of nitrogens with one attached hydrogen (secondary N) is 1. The van der Waals surface area contributed by atoms with E-state index in [1.807, 2.05) is 0 Å². The normalized spacial score (nSPS) is 27.4. The molecule has 0 saturated heterocycles. The van der Waals surface area contributed by atoms with Crippen LogP contribution in [0.25, 0.3) is 0 Å². The number of anilines is 1. The number of alkyl halides is 3. The van der Waals surface area contributed by atoms with Gasteiger partial charge in [-0.15, -0.1) is 0 Å². The smallest absolute Gasteiger partial charge is 0.394 e. The fourth-order valence-corrected chi connectivity index (χ4v) is 2.58. The standard InChI is InChI=1S/C14H19F3N2O/c1-10-2-5-13(9-20,6-3-10)19-12-8-11(4-7-18-12)14(15,16)17/h4,7-8,10,20H,2-3,5-6,9H2,1H3,(H,18,19). The first kappa shape index (κ1) is 15.1. The van der Waals surface area contributed by atoms with Crippen LogP contribution in [-0.2, 0) is 6.18 Å². The van der Waals surface area contributed by atoms with Crippen molar-refractivity contribution in [2.24, 2.45) is 5.92 Å². The van der Waals surface area contributed by atoms with Crippen molar-refractivity contribution in [1.29, 1.82) is 0 Å². The van der Waals surface area contributed by atoms with Crippen LogP contribution in [0, 0.1) is 5.92 Å². The molecule has 0 radical (unpaired) electrons. The zero-order chi connectivity index (χ0) is 14.8. The summed E-state index contributed by atoms with van der Waals surface area (Å²) in [5.41, 5.74) is -1.28. The first-order chi connectivity index (χ1) is 9.35. The van der Waals surface area contributed by atoms with Crippen molar-refractivity contribution < 1.29 is 18.3 Å². The summed E-state index contributed by atoms with van der Waals surface area (Å²) in [5, 5.41) is 12.6. The summed E-state index contributed by atoms with van der Waals surface area (Å²) in [6, 6.07) is 1.94. The van der Waals surface area contributed by atoms with Crippen molar-refractivity contribution in [1.82, 2.24) is 4.98 Å². The van der Waals surface area contributed by atoms with Gasteiger partial charge in [-0.25, -0.2) is 4.98 Å². The SMILES string of the molecule is CC1CCC(CO)(Nc2cc(C(F)(F)F)ccn2)CC1. The lowest BCUT2D eigenvalue weighted by atomic mass is 9.77. The fraction of sp³-hybridized carbons (Fsp3) is 0.643. The van der Waals surface area contributed by atoms with Gasteiger partial charge in [-0.3, -0.25) is 0 Å². The number of rotatable bonds is 3. The average Bonchev–Trinajstić information content (AvgIpc) is 2.41. The number of hydrogen-bond donors (Lipinski definition) is 2. The van der Waals surface area contributed by atoms with Gasteiger partial charge in [0.15, 0.2) is 0 Å². The van der Waals surface area contributed by atoms with Gasteiger partial charge in [0.05, 0.1) is 17.7 Å². The minimum atomic E-state index is -4.38. The molecule has 1 aromatic rings. The Kier molecular flexibility index (Phi) is 4.22. The zero-order valence-electron chi connectivity index (χ0n) is 11.4. The number of hydrogen-bond acceptors (Lipinski definition) is 3. The van der Waals surface area contributed by atoms with Gasteiger partial charge >= 0.3 is 6.18 Å². The molecule has 0 aliphatic heterocycles. The van der Waals surface area contributed by atoms with Gasteiger partial charge in [0, 0.05) is 6.20 Å². The van der Waals surface area contributed by atoms with Crippen molar-refractivity contribution in [3.63, 3.8) is 0 Å². The molecule has 1 heterocycles. The molecule has 0 amide bonds. The minimum Gasteiger partial charge on any atom is -0.394 e. The molecule has 2 N–H and O–H groups in total. The molecule has 0 aromatic carbocycles. The average molecular weight is 288 g/mol. The molecule has 2 rings (SSSR count). The van der Waals surface area contributed by atoms with E-state index in [1.165, 1.54) is 0 Å². The molecule has 1 saturated carbocycles. The van der Waals surface area contributed by atoms with E-state index in [-0.39, 0.29) is 12.4 Å². The summed E-state index contributed by atoms with van der Waals surface area (Å²) in [6.45, 7) is 2.04. The molecule has 6 heteroatoms. The topological polar surface area (TPSA) is 45.1 Å². The Labute approximate surface area is 116 Å². The summed E-state index contributed by atoms with van der Waals surface area (Å²) in [5.74, 6) is 0.759. The lowest BCUT2D eigenvalue weighted by Gasteiger charge is -2.39. The van der Waals surface area contributed by atoms with Crippen LogP contribution in [0.3, 0.4) is 0 Å². The second kappa shape index (κ2) is 5.60. The van der Waals surface area contributed by atoms with Gasteiger partial charge in [-0.05, 0) is 43.7 Å². The first-order valence-corrected chi connectivity index (χ1v) is 6.77. The summed E-state index contributed by atoms with van der Waals surface area (Å²) >= 11 is 0. The molecule has 3 nitrogen and oxygen atoms in total. The maximum Gasteiger partial charge on any atom is 0.416 e. The van der Waals surface area contributed by atoms with Crippen molar-refractivity contribution in [2.45, 2.75) is 44.3 Å². The number of halogens is 3. The van der Waals surface area contributed by atoms with E-state index >= 15 is 0 Å². The highest BCUT2D eigenvalue weighted by Crippen LogP contribution is 2.35. The summed E-state index contributed by atoms with van der Waals surface area (Å²) in [6.07, 6.45) is 0.138. The third kappa shape index (κ3) is 3.42. The van der Waals surface area contributed by atoms with Gasteiger partial charge in [0.25, 0.3) is 0 Å². The second-order valence-electron chi connectivity index (χ2n) is 5.67. The Morgan fingerprint density at radius 3 is 2.60 bits per heavy atom. The maximum atomic E-state index is 12.7. The molecule has 1 aliphatic rings. The van der Waals surface area contributed by atoms with Crippen LogP contribution in [-0.4, -0.2) is 22.2 Å². The largest absolute Gasteiger partial charge is 0.416 e. The number of pyridine rings is 1. The van der Waals surface area contributed by atoms with E-state index in [0.717, 1.165) is 44.0 Å². The molecule has 0 spiro atoms. The van der Waals surface area contributed by atoms with Gasteiger partial charge in [0.2, 0.25) is 0 Å². The van der Waals surface area contributed by atoms with Crippen LogP contribution in [0.15, 0.2) is 18.3 Å². The van der Waals surface area contributed by atoms with E-state index in [0.29, 0.717) is 5.92 Å². The summed E-state index contributed by atoms with van der Waals surface area (Å²) in [7, 11) is 0. The molecular formula is C14H19F3N2O. The molecular weight excluding hydrogens is 269 g/mol. The monoisotopic (exact) mass is 288 g/mol. The minimum absolute atomic E-state index is 0.0996. The Bertz CT molecular complexity index is 454. The highest BCUT2D eigenvalue weighted by atomic mass is 19.4. The van der Waals surface area contributed by atoms with Crippen LogP contribution in [0.5, 0.6) is 0 Å². The zero-order valence-corrected chi connectivity index (χ0v) is 11.4. The molecule has 112 valence electrons. The summed E-state index contributed by atoms with van der Waals surface area (Å²) < 4.78 is 38.0. The van der Waals surface area contributed by atoms with Crippen molar-refractivity contribution in [3.05, 3.63) is 23.9 Å². The van der Waals surface area contributed by atoms with Crippen LogP contribution < -0.4 is 5.32 Å². The van der Waals surface area contributed by atoms with Gasteiger partial charge in [0.1, 0.15) is 5.82 Å². The van der Waals surface area contributed by atoms with E-state index < -0.39 is 17.3 Å².